The second kappa shape index (κ2) is 4.50. The van der Waals surface area contributed by atoms with E-state index in [0.717, 1.165) is 18.6 Å². The van der Waals surface area contributed by atoms with Crippen LogP contribution < -0.4 is 5.32 Å². The summed E-state index contributed by atoms with van der Waals surface area (Å²) < 4.78 is 0. The van der Waals surface area contributed by atoms with Crippen molar-refractivity contribution in [2.24, 2.45) is 5.92 Å². The minimum atomic E-state index is 0.0955. The summed E-state index contributed by atoms with van der Waals surface area (Å²) in [6, 6.07) is 0.0955. The Morgan fingerprint density at radius 1 is 1.55 bits per heavy atom. The van der Waals surface area contributed by atoms with Crippen molar-refractivity contribution in [1.29, 1.82) is 0 Å². The van der Waals surface area contributed by atoms with Crippen LogP contribution in [0.1, 0.15) is 32.1 Å². The Labute approximate surface area is 68.4 Å². The summed E-state index contributed by atoms with van der Waals surface area (Å²) in [5.74, 6) is 0.803. The zero-order chi connectivity index (χ0) is 8.10. The molecule has 1 atom stereocenters. The second-order valence-corrected chi connectivity index (χ2v) is 3.42. The van der Waals surface area contributed by atoms with E-state index in [-0.39, 0.29) is 6.04 Å². The lowest BCUT2D eigenvalue weighted by Gasteiger charge is -2.13. The van der Waals surface area contributed by atoms with Crippen molar-refractivity contribution in [2.45, 2.75) is 38.1 Å². The Morgan fingerprint density at radius 3 is 2.64 bits per heavy atom. The third-order valence-electron chi connectivity index (χ3n) is 2.60. The molecule has 1 saturated carbocycles. The van der Waals surface area contributed by atoms with E-state index in [1.54, 1.807) is 0 Å². The highest BCUT2D eigenvalue weighted by Crippen LogP contribution is 2.28. The summed E-state index contributed by atoms with van der Waals surface area (Å²) in [7, 11) is 1.86. The van der Waals surface area contributed by atoms with Crippen LogP contribution >= 0.6 is 0 Å². The van der Waals surface area contributed by atoms with Gasteiger partial charge in [0.2, 0.25) is 0 Å². The van der Waals surface area contributed by atoms with Crippen LogP contribution in [-0.4, -0.2) is 19.4 Å². The fourth-order valence-corrected chi connectivity index (χ4v) is 1.85. The van der Waals surface area contributed by atoms with Crippen LogP contribution in [0.3, 0.4) is 0 Å². The molecule has 1 aliphatic rings. The maximum absolute atomic E-state index is 10.5. The summed E-state index contributed by atoms with van der Waals surface area (Å²) in [4.78, 5) is 10.5. The molecule has 0 aromatic rings. The van der Waals surface area contributed by atoms with Crippen LogP contribution in [-0.2, 0) is 4.79 Å². The van der Waals surface area contributed by atoms with Gasteiger partial charge in [0.15, 0.2) is 0 Å². The van der Waals surface area contributed by atoms with E-state index >= 15 is 0 Å². The molecule has 2 nitrogen and oxygen atoms in total. The largest absolute Gasteiger partial charge is 0.311 e. The average molecular weight is 155 g/mol. The highest BCUT2D eigenvalue weighted by molar-refractivity contribution is 5.57. The van der Waals surface area contributed by atoms with Crippen LogP contribution in [0.4, 0.5) is 0 Å². The van der Waals surface area contributed by atoms with Gasteiger partial charge in [-0.3, -0.25) is 0 Å². The van der Waals surface area contributed by atoms with Crippen LogP contribution in [0.25, 0.3) is 0 Å². The second-order valence-electron chi connectivity index (χ2n) is 3.42. The molecule has 1 N–H and O–H groups in total. The van der Waals surface area contributed by atoms with Crippen molar-refractivity contribution in [3.05, 3.63) is 0 Å². The lowest BCUT2D eigenvalue weighted by molar-refractivity contribution is -0.109. The maximum atomic E-state index is 10.5. The number of aldehydes is 1. The number of rotatable bonds is 4. The molecule has 1 rings (SSSR count). The van der Waals surface area contributed by atoms with Crippen molar-refractivity contribution >= 4 is 6.29 Å². The quantitative estimate of drug-likeness (QED) is 0.621. The van der Waals surface area contributed by atoms with E-state index in [1.165, 1.54) is 25.7 Å². The molecule has 0 amide bonds. The number of carbonyl (C=O) groups is 1. The first-order chi connectivity index (χ1) is 5.36. The fourth-order valence-electron chi connectivity index (χ4n) is 1.85. The van der Waals surface area contributed by atoms with Gasteiger partial charge in [0.05, 0.1) is 6.04 Å². The van der Waals surface area contributed by atoms with Gasteiger partial charge in [-0.05, 0) is 19.4 Å². The van der Waals surface area contributed by atoms with Gasteiger partial charge in [0.1, 0.15) is 6.29 Å². The van der Waals surface area contributed by atoms with Crippen LogP contribution in [0.15, 0.2) is 0 Å². The zero-order valence-corrected chi connectivity index (χ0v) is 7.18. The summed E-state index contributed by atoms with van der Waals surface area (Å²) in [6.07, 6.45) is 7.44. The molecule has 0 bridgehead atoms. The molecule has 64 valence electrons. The molecular weight excluding hydrogens is 138 g/mol. The first kappa shape index (κ1) is 8.72. The summed E-state index contributed by atoms with van der Waals surface area (Å²) in [5, 5.41) is 3.01. The molecule has 0 aliphatic heterocycles. The Hall–Kier alpha value is -0.370. The number of hydrogen-bond donors (Lipinski definition) is 1. The van der Waals surface area contributed by atoms with E-state index in [9.17, 15) is 4.79 Å². The Kier molecular flexibility index (Phi) is 3.57. The topological polar surface area (TPSA) is 29.1 Å². The van der Waals surface area contributed by atoms with Crippen molar-refractivity contribution in [2.75, 3.05) is 7.05 Å². The molecule has 1 fully saturated rings. The van der Waals surface area contributed by atoms with Crippen molar-refractivity contribution in [1.82, 2.24) is 5.32 Å². The molecule has 1 aliphatic carbocycles. The van der Waals surface area contributed by atoms with E-state index in [1.807, 2.05) is 7.05 Å². The van der Waals surface area contributed by atoms with Crippen LogP contribution in [0.2, 0.25) is 0 Å². The molecule has 0 spiro atoms. The molecule has 0 aromatic heterocycles. The third kappa shape index (κ3) is 2.62. The lowest BCUT2D eigenvalue weighted by Crippen LogP contribution is -2.28. The molecule has 1 unspecified atom stereocenters. The smallest absolute Gasteiger partial charge is 0.136 e. The monoisotopic (exact) mass is 155 g/mol. The number of likely N-dealkylation sites (N-methyl/N-ethyl adjacent to an activating group) is 1. The molecule has 0 heterocycles. The Morgan fingerprint density at radius 2 is 2.18 bits per heavy atom. The van der Waals surface area contributed by atoms with Crippen molar-refractivity contribution in [3.8, 4) is 0 Å². The van der Waals surface area contributed by atoms with Crippen molar-refractivity contribution < 1.29 is 4.79 Å². The number of nitrogens with one attached hydrogen (secondary N) is 1. The highest BCUT2D eigenvalue weighted by Gasteiger charge is 2.18. The molecule has 0 radical (unpaired) electrons. The summed E-state index contributed by atoms with van der Waals surface area (Å²) in [6.45, 7) is 0. The first-order valence-electron chi connectivity index (χ1n) is 4.49. The predicted molar refractivity (Wildman–Crippen MR) is 45.5 cm³/mol. The van der Waals surface area contributed by atoms with E-state index in [4.69, 9.17) is 0 Å². The van der Waals surface area contributed by atoms with E-state index in [2.05, 4.69) is 5.32 Å². The van der Waals surface area contributed by atoms with Gasteiger partial charge in [-0.2, -0.15) is 0 Å². The highest BCUT2D eigenvalue weighted by atomic mass is 16.1. The minimum absolute atomic E-state index is 0.0955. The van der Waals surface area contributed by atoms with Gasteiger partial charge >= 0.3 is 0 Å². The van der Waals surface area contributed by atoms with Crippen molar-refractivity contribution in [3.63, 3.8) is 0 Å². The first-order valence-corrected chi connectivity index (χ1v) is 4.49. The van der Waals surface area contributed by atoms with Gasteiger partial charge in [-0.25, -0.2) is 0 Å². The number of hydrogen-bond acceptors (Lipinski definition) is 2. The molecule has 11 heavy (non-hydrogen) atoms. The minimum Gasteiger partial charge on any atom is -0.311 e. The third-order valence-corrected chi connectivity index (χ3v) is 2.60. The lowest BCUT2D eigenvalue weighted by atomic mass is 9.99. The van der Waals surface area contributed by atoms with E-state index in [0.29, 0.717) is 0 Å². The standard InChI is InChI=1S/C9H17NO/c1-10-9(7-11)6-8-4-2-3-5-8/h7-10H,2-6H2,1H3. The van der Waals surface area contributed by atoms with Gasteiger partial charge in [0.25, 0.3) is 0 Å². The predicted octanol–water partition coefficient (Wildman–Crippen LogP) is 1.35. The normalized spacial score (nSPS) is 21.9. The Bertz CT molecular complexity index is 119. The summed E-state index contributed by atoms with van der Waals surface area (Å²) in [5.41, 5.74) is 0. The molecule has 2 heteroatoms. The zero-order valence-electron chi connectivity index (χ0n) is 7.18. The molecule has 0 aromatic carbocycles. The SMILES string of the molecule is CNC(C=O)CC1CCCC1. The Balaban J connectivity index is 2.21. The van der Waals surface area contributed by atoms with Crippen LogP contribution in [0.5, 0.6) is 0 Å². The van der Waals surface area contributed by atoms with Gasteiger partial charge in [0, 0.05) is 0 Å². The molecular formula is C9H17NO. The molecule has 0 saturated heterocycles. The number of carbonyl (C=O) groups excluding carboxylic acids is 1. The fraction of sp³-hybridized carbons (Fsp3) is 0.889. The summed E-state index contributed by atoms with van der Waals surface area (Å²) >= 11 is 0. The van der Waals surface area contributed by atoms with Gasteiger partial charge < -0.3 is 10.1 Å². The van der Waals surface area contributed by atoms with Crippen LogP contribution in [0, 0.1) is 5.92 Å². The van der Waals surface area contributed by atoms with Gasteiger partial charge in [-0.1, -0.05) is 25.7 Å². The van der Waals surface area contributed by atoms with Gasteiger partial charge in [-0.15, -0.1) is 0 Å². The van der Waals surface area contributed by atoms with E-state index < -0.39 is 0 Å². The average Bonchev–Trinajstić information content (AvgIpc) is 2.52. The maximum Gasteiger partial charge on any atom is 0.136 e.